The zero-order valence-electron chi connectivity index (χ0n) is 6.90. The quantitative estimate of drug-likeness (QED) is 0.553. The lowest BCUT2D eigenvalue weighted by molar-refractivity contribution is 0.273. The largest absolute Gasteiger partial charge is 0.313 e. The van der Waals surface area contributed by atoms with E-state index in [1.165, 1.54) is 0 Å². The maximum Gasteiger partial charge on any atom is 0.0252 e. The summed E-state index contributed by atoms with van der Waals surface area (Å²) in [5.74, 6) is 0. The Morgan fingerprint density at radius 2 is 2.00 bits per heavy atom. The molecule has 0 amide bonds. The van der Waals surface area contributed by atoms with E-state index in [2.05, 4.69) is 31.4 Å². The third-order valence-electron chi connectivity index (χ3n) is 1.65. The molecule has 0 bridgehead atoms. The molecule has 0 saturated carbocycles. The van der Waals surface area contributed by atoms with E-state index < -0.39 is 0 Å². The first-order chi connectivity index (χ1) is 4.10. The van der Waals surface area contributed by atoms with Crippen molar-refractivity contribution in [1.82, 2.24) is 10.6 Å². The molecule has 2 nitrogen and oxygen atoms in total. The summed E-state index contributed by atoms with van der Waals surface area (Å²) < 4.78 is 0. The van der Waals surface area contributed by atoms with Crippen LogP contribution in [0.25, 0.3) is 0 Å². The molecule has 2 N–H and O–H groups in total. The molecule has 0 radical (unpaired) electrons. The van der Waals surface area contributed by atoms with Gasteiger partial charge in [0.05, 0.1) is 0 Å². The first kappa shape index (κ1) is 10.2. The van der Waals surface area contributed by atoms with E-state index in [9.17, 15) is 0 Å². The molecule has 62 valence electrons. The summed E-state index contributed by atoms with van der Waals surface area (Å²) in [4.78, 5) is 0. The van der Waals surface area contributed by atoms with Crippen LogP contribution in [0.5, 0.6) is 0 Å². The van der Waals surface area contributed by atoms with Gasteiger partial charge in [0.1, 0.15) is 0 Å². The number of halogens is 1. The van der Waals surface area contributed by atoms with Gasteiger partial charge >= 0.3 is 0 Å². The molecule has 1 saturated heterocycles. The van der Waals surface area contributed by atoms with Gasteiger partial charge in [0, 0.05) is 24.7 Å². The fourth-order valence-electron chi connectivity index (χ4n) is 1.37. The Morgan fingerprint density at radius 3 is 2.30 bits per heavy atom. The van der Waals surface area contributed by atoms with Gasteiger partial charge in [-0.3, -0.25) is 0 Å². The summed E-state index contributed by atoms with van der Waals surface area (Å²) in [5.41, 5.74) is 0.289. The van der Waals surface area contributed by atoms with Crippen molar-refractivity contribution in [3.63, 3.8) is 0 Å². The number of hydrogen-bond acceptors (Lipinski definition) is 2. The van der Waals surface area contributed by atoms with Gasteiger partial charge in [0.15, 0.2) is 0 Å². The summed E-state index contributed by atoms with van der Waals surface area (Å²) in [6.07, 6.45) is 0. The van der Waals surface area contributed by atoms with E-state index in [0.29, 0.717) is 6.04 Å². The highest BCUT2D eigenvalue weighted by Crippen LogP contribution is 2.05. The Bertz CT molecular complexity index is 104. The average Bonchev–Trinajstić information content (AvgIpc) is 1.60. The SMILES string of the molecule is CC1CNCC(C)(C)N1.Cl. The third kappa shape index (κ3) is 2.86. The van der Waals surface area contributed by atoms with Crippen LogP contribution in [-0.2, 0) is 0 Å². The number of nitrogens with one attached hydrogen (secondary N) is 2. The van der Waals surface area contributed by atoms with Crippen LogP contribution >= 0.6 is 12.4 Å². The molecule has 0 aromatic rings. The van der Waals surface area contributed by atoms with Crippen LogP contribution in [0, 0.1) is 0 Å². The van der Waals surface area contributed by atoms with Gasteiger partial charge in [-0.1, -0.05) is 0 Å². The predicted octanol–water partition coefficient (Wildman–Crippen LogP) is 0.768. The molecule has 1 aliphatic rings. The fraction of sp³-hybridized carbons (Fsp3) is 1.00. The van der Waals surface area contributed by atoms with Crippen molar-refractivity contribution in [2.45, 2.75) is 32.4 Å². The van der Waals surface area contributed by atoms with Gasteiger partial charge in [-0.2, -0.15) is 0 Å². The smallest absolute Gasteiger partial charge is 0.0252 e. The molecule has 0 aromatic carbocycles. The molecule has 0 aliphatic carbocycles. The Hall–Kier alpha value is 0.210. The van der Waals surface area contributed by atoms with Gasteiger partial charge in [-0.15, -0.1) is 12.4 Å². The van der Waals surface area contributed by atoms with Gasteiger partial charge < -0.3 is 10.6 Å². The van der Waals surface area contributed by atoms with Gasteiger partial charge in [-0.05, 0) is 20.8 Å². The number of piperazine rings is 1. The van der Waals surface area contributed by atoms with Crippen molar-refractivity contribution in [3.8, 4) is 0 Å². The lowest BCUT2D eigenvalue weighted by atomic mass is 10.0. The Kier molecular flexibility index (Phi) is 3.63. The minimum atomic E-state index is 0. The molecule has 3 heteroatoms. The van der Waals surface area contributed by atoms with Crippen molar-refractivity contribution in [2.24, 2.45) is 0 Å². The predicted molar refractivity (Wildman–Crippen MR) is 46.8 cm³/mol. The summed E-state index contributed by atoms with van der Waals surface area (Å²) >= 11 is 0. The third-order valence-corrected chi connectivity index (χ3v) is 1.65. The first-order valence-corrected chi connectivity index (χ1v) is 3.58. The van der Waals surface area contributed by atoms with Gasteiger partial charge in [-0.25, -0.2) is 0 Å². The summed E-state index contributed by atoms with van der Waals surface area (Å²) in [6.45, 7) is 8.82. The molecule has 1 aliphatic heterocycles. The van der Waals surface area contributed by atoms with Crippen LogP contribution in [0.1, 0.15) is 20.8 Å². The average molecular weight is 165 g/mol. The van der Waals surface area contributed by atoms with Crippen molar-refractivity contribution >= 4 is 12.4 Å². The van der Waals surface area contributed by atoms with Crippen molar-refractivity contribution in [2.75, 3.05) is 13.1 Å². The van der Waals surface area contributed by atoms with E-state index in [4.69, 9.17) is 0 Å². The van der Waals surface area contributed by atoms with Crippen molar-refractivity contribution in [1.29, 1.82) is 0 Å². The van der Waals surface area contributed by atoms with Crippen LogP contribution in [0.2, 0.25) is 0 Å². The molecule has 10 heavy (non-hydrogen) atoms. The molecule has 0 spiro atoms. The van der Waals surface area contributed by atoms with Crippen LogP contribution in [0.4, 0.5) is 0 Å². The second-order valence-electron chi connectivity index (χ2n) is 3.56. The highest BCUT2D eigenvalue weighted by Gasteiger charge is 2.23. The topological polar surface area (TPSA) is 24.1 Å². The molecule has 1 heterocycles. The van der Waals surface area contributed by atoms with Crippen LogP contribution in [0.3, 0.4) is 0 Å². The van der Waals surface area contributed by atoms with Crippen LogP contribution in [0.15, 0.2) is 0 Å². The lowest BCUT2D eigenvalue weighted by Gasteiger charge is -2.36. The van der Waals surface area contributed by atoms with Crippen molar-refractivity contribution in [3.05, 3.63) is 0 Å². The van der Waals surface area contributed by atoms with E-state index in [1.54, 1.807) is 0 Å². The molecule has 0 aromatic heterocycles. The molecular weight excluding hydrogens is 148 g/mol. The minimum absolute atomic E-state index is 0. The molecule has 1 fully saturated rings. The molecule has 1 rings (SSSR count). The van der Waals surface area contributed by atoms with Gasteiger partial charge in [0.2, 0.25) is 0 Å². The minimum Gasteiger partial charge on any atom is -0.313 e. The lowest BCUT2D eigenvalue weighted by Crippen LogP contribution is -2.59. The fourth-order valence-corrected chi connectivity index (χ4v) is 1.37. The van der Waals surface area contributed by atoms with Gasteiger partial charge in [0.25, 0.3) is 0 Å². The monoisotopic (exact) mass is 164 g/mol. The maximum atomic E-state index is 3.49. The maximum absolute atomic E-state index is 3.49. The van der Waals surface area contributed by atoms with E-state index in [1.807, 2.05) is 0 Å². The number of hydrogen-bond donors (Lipinski definition) is 2. The Morgan fingerprint density at radius 1 is 1.40 bits per heavy atom. The zero-order chi connectivity index (χ0) is 6.91. The first-order valence-electron chi connectivity index (χ1n) is 3.58. The molecular formula is C7H17ClN2. The second kappa shape index (κ2) is 3.56. The van der Waals surface area contributed by atoms with E-state index in [-0.39, 0.29) is 17.9 Å². The summed E-state index contributed by atoms with van der Waals surface area (Å²) in [6, 6.07) is 0.619. The standard InChI is InChI=1S/C7H16N2.ClH/c1-6-4-8-5-7(2,3)9-6;/h6,8-9H,4-5H2,1-3H3;1H. The number of rotatable bonds is 0. The Labute approximate surface area is 69.2 Å². The summed E-state index contributed by atoms with van der Waals surface area (Å²) in [7, 11) is 0. The van der Waals surface area contributed by atoms with Crippen LogP contribution < -0.4 is 10.6 Å². The zero-order valence-corrected chi connectivity index (χ0v) is 7.72. The van der Waals surface area contributed by atoms with Crippen molar-refractivity contribution < 1.29 is 0 Å². The normalized spacial score (nSPS) is 30.9. The highest BCUT2D eigenvalue weighted by molar-refractivity contribution is 5.85. The Balaban J connectivity index is 0.000000810. The second-order valence-corrected chi connectivity index (χ2v) is 3.56. The van der Waals surface area contributed by atoms with Crippen LogP contribution in [-0.4, -0.2) is 24.7 Å². The van der Waals surface area contributed by atoms with E-state index >= 15 is 0 Å². The summed E-state index contributed by atoms with van der Waals surface area (Å²) in [5, 5.41) is 6.86. The highest BCUT2D eigenvalue weighted by atomic mass is 35.5. The molecule has 1 unspecified atom stereocenters. The van der Waals surface area contributed by atoms with E-state index in [0.717, 1.165) is 13.1 Å². The molecule has 1 atom stereocenters.